The fourth-order valence-electron chi connectivity index (χ4n) is 2.44. The van der Waals surface area contributed by atoms with Crippen LogP contribution in [0.3, 0.4) is 0 Å². The lowest BCUT2D eigenvalue weighted by atomic mass is 9.97. The van der Waals surface area contributed by atoms with Gasteiger partial charge >= 0.3 is 0 Å². The Morgan fingerprint density at radius 2 is 2.00 bits per heavy atom. The quantitative estimate of drug-likeness (QED) is 0.861. The molecule has 0 fully saturated rings. The zero-order chi connectivity index (χ0) is 15.4. The van der Waals surface area contributed by atoms with E-state index in [-0.39, 0.29) is 11.9 Å². The first-order valence-corrected chi connectivity index (χ1v) is 7.60. The summed E-state index contributed by atoms with van der Waals surface area (Å²) in [6, 6.07) is 11.1. The van der Waals surface area contributed by atoms with Gasteiger partial charge in [-0.25, -0.2) is 4.39 Å². The molecule has 2 nitrogen and oxygen atoms in total. The number of methoxy groups -OCH3 is 1. The van der Waals surface area contributed by atoms with Crippen molar-refractivity contribution in [3.8, 4) is 5.75 Å². The molecule has 0 saturated heterocycles. The number of ether oxygens (including phenoxy) is 1. The van der Waals surface area contributed by atoms with Gasteiger partial charge in [0.05, 0.1) is 7.11 Å². The number of hydrogen-bond acceptors (Lipinski definition) is 2. The number of halogens is 2. The molecule has 1 atom stereocenters. The van der Waals surface area contributed by atoms with Gasteiger partial charge in [-0.2, -0.15) is 0 Å². The molecule has 0 saturated carbocycles. The van der Waals surface area contributed by atoms with Gasteiger partial charge in [0.2, 0.25) is 0 Å². The number of benzene rings is 2. The van der Waals surface area contributed by atoms with Crippen LogP contribution in [0.2, 0.25) is 0 Å². The molecule has 0 bridgehead atoms. The predicted octanol–water partition coefficient (Wildman–Crippen LogP) is 4.41. The van der Waals surface area contributed by atoms with Crippen molar-refractivity contribution in [3.63, 3.8) is 0 Å². The van der Waals surface area contributed by atoms with Crippen molar-refractivity contribution >= 4 is 15.9 Å². The molecule has 0 radical (unpaired) electrons. The van der Waals surface area contributed by atoms with E-state index in [9.17, 15) is 4.39 Å². The molecule has 4 heteroatoms. The summed E-state index contributed by atoms with van der Waals surface area (Å²) in [5, 5.41) is 3.19. The van der Waals surface area contributed by atoms with Crippen LogP contribution in [0.15, 0.2) is 40.9 Å². The molecule has 2 aromatic rings. The van der Waals surface area contributed by atoms with Gasteiger partial charge in [-0.15, -0.1) is 0 Å². The summed E-state index contributed by atoms with van der Waals surface area (Å²) >= 11 is 3.29. The van der Waals surface area contributed by atoms with E-state index in [1.807, 2.05) is 38.2 Å². The molecule has 21 heavy (non-hydrogen) atoms. The Morgan fingerprint density at radius 1 is 1.24 bits per heavy atom. The highest BCUT2D eigenvalue weighted by atomic mass is 79.9. The third kappa shape index (κ3) is 3.83. The normalized spacial score (nSPS) is 12.2. The van der Waals surface area contributed by atoms with Crippen molar-refractivity contribution in [2.45, 2.75) is 19.4 Å². The fourth-order valence-corrected chi connectivity index (χ4v) is 2.77. The van der Waals surface area contributed by atoms with E-state index < -0.39 is 0 Å². The van der Waals surface area contributed by atoms with Crippen LogP contribution in [-0.4, -0.2) is 14.2 Å². The molecule has 112 valence electrons. The highest BCUT2D eigenvalue weighted by Crippen LogP contribution is 2.28. The molecule has 0 aromatic heterocycles. The van der Waals surface area contributed by atoms with Crippen molar-refractivity contribution in [3.05, 3.63) is 63.4 Å². The number of aryl methyl sites for hydroxylation is 1. The van der Waals surface area contributed by atoms with Crippen LogP contribution in [0.1, 0.15) is 22.7 Å². The molecule has 0 heterocycles. The topological polar surface area (TPSA) is 21.3 Å². The second-order valence-corrected chi connectivity index (χ2v) is 5.94. The Bertz CT molecular complexity index is 630. The fraction of sp³-hybridized carbons (Fsp3) is 0.294. The van der Waals surface area contributed by atoms with E-state index >= 15 is 0 Å². The van der Waals surface area contributed by atoms with Crippen LogP contribution in [-0.2, 0) is 6.42 Å². The maximum Gasteiger partial charge on any atom is 0.129 e. The maximum atomic E-state index is 14.2. The van der Waals surface area contributed by atoms with Gasteiger partial charge in [0, 0.05) is 16.1 Å². The number of hydrogen-bond donors (Lipinski definition) is 1. The van der Waals surface area contributed by atoms with E-state index in [1.54, 1.807) is 7.11 Å². The molecule has 1 unspecified atom stereocenters. The third-order valence-electron chi connectivity index (χ3n) is 3.55. The minimum Gasteiger partial charge on any atom is -0.496 e. The van der Waals surface area contributed by atoms with Crippen molar-refractivity contribution in [2.75, 3.05) is 14.2 Å². The Morgan fingerprint density at radius 3 is 2.62 bits per heavy atom. The van der Waals surface area contributed by atoms with Gasteiger partial charge in [0.25, 0.3) is 0 Å². The number of nitrogens with one attached hydrogen (secondary N) is 1. The van der Waals surface area contributed by atoms with Crippen molar-refractivity contribution in [1.29, 1.82) is 0 Å². The highest BCUT2D eigenvalue weighted by molar-refractivity contribution is 9.10. The Labute approximate surface area is 133 Å². The van der Waals surface area contributed by atoms with E-state index in [0.29, 0.717) is 12.0 Å². The minimum absolute atomic E-state index is 0.103. The zero-order valence-corrected chi connectivity index (χ0v) is 14.0. The monoisotopic (exact) mass is 351 g/mol. The predicted molar refractivity (Wildman–Crippen MR) is 87.3 cm³/mol. The minimum atomic E-state index is -0.213. The van der Waals surface area contributed by atoms with Crippen LogP contribution >= 0.6 is 15.9 Å². The summed E-state index contributed by atoms with van der Waals surface area (Å²) in [6.07, 6.45) is 0.667. The molecule has 0 aliphatic rings. The largest absolute Gasteiger partial charge is 0.496 e. The van der Waals surface area contributed by atoms with E-state index in [4.69, 9.17) is 4.74 Å². The molecular formula is C17H19BrFNO. The lowest BCUT2D eigenvalue weighted by molar-refractivity contribution is 0.405. The molecule has 0 amide bonds. The lowest BCUT2D eigenvalue weighted by Gasteiger charge is -2.19. The van der Waals surface area contributed by atoms with Crippen LogP contribution < -0.4 is 10.1 Å². The summed E-state index contributed by atoms with van der Waals surface area (Å²) in [7, 11) is 3.50. The van der Waals surface area contributed by atoms with Gasteiger partial charge in [-0.1, -0.05) is 39.7 Å². The summed E-state index contributed by atoms with van der Waals surface area (Å²) < 4.78 is 20.3. The third-order valence-corrected chi connectivity index (χ3v) is 4.04. The molecule has 0 aliphatic carbocycles. The first-order chi connectivity index (χ1) is 10.0. The van der Waals surface area contributed by atoms with E-state index in [1.165, 1.54) is 6.07 Å². The number of rotatable bonds is 5. The Balaban J connectivity index is 2.33. The number of likely N-dealkylation sites (N-methyl/N-ethyl adjacent to an activating group) is 1. The molecule has 0 aliphatic heterocycles. The first kappa shape index (κ1) is 16.0. The van der Waals surface area contributed by atoms with Gasteiger partial charge in [0.1, 0.15) is 11.6 Å². The van der Waals surface area contributed by atoms with Crippen molar-refractivity contribution in [2.24, 2.45) is 0 Å². The average Bonchev–Trinajstić information content (AvgIpc) is 2.45. The average molecular weight is 352 g/mol. The summed E-state index contributed by atoms with van der Waals surface area (Å²) in [5.41, 5.74) is 2.89. The lowest BCUT2D eigenvalue weighted by Crippen LogP contribution is -2.20. The van der Waals surface area contributed by atoms with Gasteiger partial charge in [-0.05, 0) is 44.2 Å². The van der Waals surface area contributed by atoms with Gasteiger partial charge in [-0.3, -0.25) is 0 Å². The smallest absolute Gasteiger partial charge is 0.129 e. The SMILES string of the molecule is CNC(Cc1cc(C)ccc1OC)c1ccc(Br)cc1F. The summed E-state index contributed by atoms with van der Waals surface area (Å²) in [5.74, 6) is 0.619. The van der Waals surface area contributed by atoms with Crippen molar-refractivity contribution < 1.29 is 9.13 Å². The van der Waals surface area contributed by atoms with Crippen LogP contribution in [0.25, 0.3) is 0 Å². The summed E-state index contributed by atoms with van der Waals surface area (Å²) in [6.45, 7) is 2.04. The molecule has 1 N–H and O–H groups in total. The summed E-state index contributed by atoms with van der Waals surface area (Å²) in [4.78, 5) is 0. The van der Waals surface area contributed by atoms with Gasteiger partial charge < -0.3 is 10.1 Å². The molecule has 0 spiro atoms. The van der Waals surface area contributed by atoms with Crippen molar-refractivity contribution in [1.82, 2.24) is 5.32 Å². The Kier molecular flexibility index (Phi) is 5.37. The second kappa shape index (κ2) is 7.05. The molecule has 2 aromatic carbocycles. The second-order valence-electron chi connectivity index (χ2n) is 5.03. The highest BCUT2D eigenvalue weighted by Gasteiger charge is 2.17. The van der Waals surface area contributed by atoms with E-state index in [0.717, 1.165) is 21.3 Å². The molecule has 2 rings (SSSR count). The van der Waals surface area contributed by atoms with Crippen LogP contribution in [0.4, 0.5) is 4.39 Å². The molecular weight excluding hydrogens is 333 g/mol. The van der Waals surface area contributed by atoms with E-state index in [2.05, 4.69) is 27.3 Å². The maximum absolute atomic E-state index is 14.2. The first-order valence-electron chi connectivity index (χ1n) is 6.81. The standard InChI is InChI=1S/C17H19BrFNO/c1-11-4-7-17(21-3)12(8-11)9-16(20-2)14-6-5-13(18)10-15(14)19/h4-8,10,16,20H,9H2,1-3H3. The van der Waals surface area contributed by atoms with Crippen LogP contribution in [0, 0.1) is 12.7 Å². The van der Waals surface area contributed by atoms with Crippen LogP contribution in [0.5, 0.6) is 5.75 Å². The zero-order valence-electron chi connectivity index (χ0n) is 12.4. The Hall–Kier alpha value is -1.39. The van der Waals surface area contributed by atoms with Gasteiger partial charge in [0.15, 0.2) is 0 Å².